The summed E-state index contributed by atoms with van der Waals surface area (Å²) in [5.41, 5.74) is 1.61. The maximum Gasteiger partial charge on any atom is 0.348 e. The summed E-state index contributed by atoms with van der Waals surface area (Å²) in [5.74, 6) is -0.337. The van der Waals surface area contributed by atoms with Crippen molar-refractivity contribution in [3.63, 3.8) is 0 Å². The van der Waals surface area contributed by atoms with Gasteiger partial charge in [0.15, 0.2) is 0 Å². The summed E-state index contributed by atoms with van der Waals surface area (Å²) in [4.78, 5) is 12.5. The first-order valence-electron chi connectivity index (χ1n) is 7.86. The van der Waals surface area contributed by atoms with Gasteiger partial charge in [0, 0.05) is 11.2 Å². The zero-order valence-electron chi connectivity index (χ0n) is 14.3. The fourth-order valence-corrected chi connectivity index (χ4v) is 5.02. The maximum atomic E-state index is 12.1. The van der Waals surface area contributed by atoms with Crippen molar-refractivity contribution in [2.75, 3.05) is 23.7 Å². The number of nitrogens with zero attached hydrogens (tertiary/aromatic N) is 1. The molecule has 5 nitrogen and oxygen atoms in total. The number of carbonyl (C=O) groups excluding carboxylic acids is 1. The molecular formula is C17H21NO4S2. The van der Waals surface area contributed by atoms with Gasteiger partial charge in [-0.15, -0.1) is 11.3 Å². The molecule has 0 fully saturated rings. The van der Waals surface area contributed by atoms with Crippen molar-refractivity contribution in [1.82, 2.24) is 0 Å². The summed E-state index contributed by atoms with van der Waals surface area (Å²) in [6, 6.07) is 5.68. The molecule has 0 unspecified atom stereocenters. The highest BCUT2D eigenvalue weighted by molar-refractivity contribution is 7.92. The van der Waals surface area contributed by atoms with Crippen molar-refractivity contribution < 1.29 is 17.9 Å². The van der Waals surface area contributed by atoms with Crippen LogP contribution in [-0.2, 0) is 20.2 Å². The van der Waals surface area contributed by atoms with Crippen molar-refractivity contribution in [2.45, 2.75) is 32.6 Å². The second kappa shape index (κ2) is 5.74. The van der Waals surface area contributed by atoms with E-state index in [9.17, 15) is 13.2 Å². The Hall–Kier alpha value is -1.60. The molecule has 0 bridgehead atoms. The van der Waals surface area contributed by atoms with Gasteiger partial charge in [0.2, 0.25) is 10.0 Å². The van der Waals surface area contributed by atoms with Gasteiger partial charge in [0.25, 0.3) is 0 Å². The molecule has 0 aliphatic carbocycles. The van der Waals surface area contributed by atoms with E-state index < -0.39 is 10.0 Å². The smallest absolute Gasteiger partial charge is 0.348 e. The van der Waals surface area contributed by atoms with E-state index in [0.717, 1.165) is 27.8 Å². The first kappa shape index (κ1) is 17.2. The average molecular weight is 367 g/mol. The van der Waals surface area contributed by atoms with Crippen molar-refractivity contribution in [3.05, 3.63) is 28.6 Å². The third-order valence-electron chi connectivity index (χ3n) is 4.45. The van der Waals surface area contributed by atoms with Gasteiger partial charge < -0.3 is 4.74 Å². The van der Waals surface area contributed by atoms with E-state index in [4.69, 9.17) is 4.74 Å². The van der Waals surface area contributed by atoms with Crippen LogP contribution in [0.2, 0.25) is 0 Å². The van der Waals surface area contributed by atoms with Crippen LogP contribution in [0.15, 0.2) is 18.2 Å². The van der Waals surface area contributed by atoms with Gasteiger partial charge in [-0.05, 0) is 47.9 Å². The highest BCUT2D eigenvalue weighted by Gasteiger charge is 2.35. The molecule has 0 saturated carbocycles. The highest BCUT2D eigenvalue weighted by atomic mass is 32.2. The minimum Gasteiger partial charge on any atom is -0.462 e. The third kappa shape index (κ3) is 2.91. The van der Waals surface area contributed by atoms with Crippen LogP contribution in [0.3, 0.4) is 0 Å². The molecule has 1 aliphatic heterocycles. The van der Waals surface area contributed by atoms with Gasteiger partial charge in [-0.25, -0.2) is 13.2 Å². The molecule has 1 aliphatic rings. The predicted octanol–water partition coefficient (Wildman–Crippen LogP) is 3.53. The number of benzene rings is 1. The Labute approximate surface area is 146 Å². The summed E-state index contributed by atoms with van der Waals surface area (Å²) in [6.45, 7) is 6.82. The fourth-order valence-electron chi connectivity index (χ4n) is 3.11. The van der Waals surface area contributed by atoms with Crippen molar-refractivity contribution >= 4 is 43.1 Å². The number of ether oxygens (including phenoxy) is 1. The summed E-state index contributed by atoms with van der Waals surface area (Å²) < 4.78 is 31.8. The second-order valence-corrected chi connectivity index (χ2v) is 9.70. The van der Waals surface area contributed by atoms with Crippen LogP contribution in [0.25, 0.3) is 10.1 Å². The van der Waals surface area contributed by atoms with Gasteiger partial charge >= 0.3 is 5.97 Å². The molecule has 0 saturated heterocycles. The first-order chi connectivity index (χ1) is 11.1. The molecule has 7 heteroatoms. The number of anilines is 1. The summed E-state index contributed by atoms with van der Waals surface area (Å²) in [5, 5.41) is 0.869. The molecule has 0 N–H and O–H groups in total. The molecule has 3 rings (SSSR count). The van der Waals surface area contributed by atoms with Crippen LogP contribution in [0.4, 0.5) is 5.69 Å². The van der Waals surface area contributed by atoms with Crippen LogP contribution in [0.1, 0.15) is 42.4 Å². The minimum atomic E-state index is -3.33. The first-order valence-corrected chi connectivity index (χ1v) is 10.5. The highest BCUT2D eigenvalue weighted by Crippen LogP contribution is 2.44. The summed E-state index contributed by atoms with van der Waals surface area (Å²) >= 11 is 1.39. The fraction of sp³-hybridized carbons (Fsp3) is 0.471. The number of hydrogen-bond donors (Lipinski definition) is 0. The Kier molecular flexibility index (Phi) is 4.12. The van der Waals surface area contributed by atoms with Crippen LogP contribution < -0.4 is 4.31 Å². The standard InChI is InChI=1S/C17H21NO4S2/c1-5-22-16(19)15-9-11-8-13-12(10-14(11)23-15)17(2,3)6-7-18(13)24(4,20)21/h8-10H,5-7H2,1-4H3. The zero-order chi connectivity index (χ0) is 17.7. The van der Waals surface area contributed by atoms with Gasteiger partial charge in [-0.3, -0.25) is 4.31 Å². The number of esters is 1. The van der Waals surface area contributed by atoms with Crippen molar-refractivity contribution in [3.8, 4) is 0 Å². The number of carbonyl (C=O) groups is 1. The normalized spacial score (nSPS) is 16.9. The molecule has 0 amide bonds. The Morgan fingerprint density at radius 2 is 2.04 bits per heavy atom. The Morgan fingerprint density at radius 3 is 2.67 bits per heavy atom. The third-order valence-corrected chi connectivity index (χ3v) is 6.71. The second-order valence-electron chi connectivity index (χ2n) is 6.71. The molecular weight excluding hydrogens is 346 g/mol. The van der Waals surface area contributed by atoms with E-state index in [1.807, 2.05) is 12.1 Å². The lowest BCUT2D eigenvalue weighted by atomic mass is 9.78. The van der Waals surface area contributed by atoms with E-state index in [1.54, 1.807) is 13.0 Å². The van der Waals surface area contributed by atoms with E-state index in [-0.39, 0.29) is 11.4 Å². The van der Waals surface area contributed by atoms with Crippen molar-refractivity contribution in [1.29, 1.82) is 0 Å². The molecule has 2 aromatic rings. The lowest BCUT2D eigenvalue weighted by molar-refractivity contribution is 0.0532. The van der Waals surface area contributed by atoms with Crippen LogP contribution in [0.5, 0.6) is 0 Å². The topological polar surface area (TPSA) is 63.7 Å². The molecule has 1 aromatic carbocycles. The number of rotatable bonds is 3. The van der Waals surface area contributed by atoms with Gasteiger partial charge in [0.1, 0.15) is 4.88 Å². The van der Waals surface area contributed by atoms with Gasteiger partial charge in [0.05, 0.1) is 18.6 Å². The van der Waals surface area contributed by atoms with Gasteiger partial charge in [-0.2, -0.15) is 0 Å². The van der Waals surface area contributed by atoms with E-state index in [1.165, 1.54) is 21.9 Å². The largest absolute Gasteiger partial charge is 0.462 e. The number of fused-ring (bicyclic) bond motifs is 2. The van der Waals surface area contributed by atoms with Gasteiger partial charge in [-0.1, -0.05) is 13.8 Å². The number of hydrogen-bond acceptors (Lipinski definition) is 5. The number of thiophene rings is 1. The molecule has 0 atom stereocenters. The Balaban J connectivity index is 2.20. The Morgan fingerprint density at radius 1 is 1.33 bits per heavy atom. The number of sulfonamides is 1. The quantitative estimate of drug-likeness (QED) is 0.779. The average Bonchev–Trinajstić information content (AvgIpc) is 2.87. The van der Waals surface area contributed by atoms with E-state index in [0.29, 0.717) is 18.0 Å². The van der Waals surface area contributed by atoms with Crippen LogP contribution in [0, 0.1) is 0 Å². The minimum absolute atomic E-state index is 0.112. The lowest BCUT2D eigenvalue weighted by Gasteiger charge is -2.39. The molecule has 130 valence electrons. The van der Waals surface area contributed by atoms with E-state index >= 15 is 0 Å². The zero-order valence-corrected chi connectivity index (χ0v) is 15.9. The van der Waals surface area contributed by atoms with Crippen molar-refractivity contribution in [2.24, 2.45) is 0 Å². The Bertz CT molecular complexity index is 912. The molecule has 0 radical (unpaired) electrons. The SMILES string of the molecule is CCOC(=O)c1cc2cc3c(cc2s1)C(C)(C)CCN3S(C)(=O)=O. The van der Waals surface area contributed by atoms with Crippen LogP contribution >= 0.6 is 11.3 Å². The maximum absolute atomic E-state index is 12.1. The summed E-state index contributed by atoms with van der Waals surface area (Å²) in [6.07, 6.45) is 1.99. The summed E-state index contributed by atoms with van der Waals surface area (Å²) in [7, 11) is -3.33. The van der Waals surface area contributed by atoms with E-state index in [2.05, 4.69) is 13.8 Å². The molecule has 1 aromatic heterocycles. The lowest BCUT2D eigenvalue weighted by Crippen LogP contribution is -2.40. The predicted molar refractivity (Wildman–Crippen MR) is 97.6 cm³/mol. The monoisotopic (exact) mass is 367 g/mol. The molecule has 24 heavy (non-hydrogen) atoms. The molecule has 2 heterocycles. The molecule has 0 spiro atoms. The van der Waals surface area contributed by atoms with Crippen LogP contribution in [-0.4, -0.2) is 33.8 Å².